The zero-order chi connectivity index (χ0) is 3.58. The summed E-state index contributed by atoms with van der Waals surface area (Å²) in [7, 11) is 0. The first kappa shape index (κ1) is 10.0. The van der Waals surface area contributed by atoms with Crippen LogP contribution in [0.4, 0.5) is 0 Å². The second-order valence-electron chi connectivity index (χ2n) is 0.333. The molecule has 0 rings (SSSR count). The van der Waals surface area contributed by atoms with E-state index in [-0.39, 0.29) is 59.8 Å². The van der Waals surface area contributed by atoms with Crippen LogP contribution < -0.4 is 0 Å². The maximum Gasteiger partial charge on any atom is 0 e. The van der Waals surface area contributed by atoms with E-state index in [2.05, 4.69) is 0 Å². The first-order valence-electron chi connectivity index (χ1n) is 0.681. The van der Waals surface area contributed by atoms with Gasteiger partial charge in [0.15, 0.2) is 0 Å². The molecule has 0 amide bonds. The van der Waals surface area contributed by atoms with Crippen LogP contribution in [0.3, 0.4) is 0 Å². The van der Waals surface area contributed by atoms with Crippen molar-refractivity contribution >= 4 is 61.6 Å². The van der Waals surface area contributed by atoms with Crippen molar-refractivity contribution in [2.24, 2.45) is 0 Å². The third kappa shape index (κ3) is 24.7. The van der Waals surface area contributed by atoms with Crippen LogP contribution in [-0.2, 0) is 9.13 Å². The van der Waals surface area contributed by atoms with Gasteiger partial charge in [-0.3, -0.25) is 0 Å². The molecule has 0 unspecified atom stereocenters. The fraction of sp³-hybridized carbons (Fsp3) is 0. The van der Waals surface area contributed by atoms with E-state index in [0.29, 0.717) is 0 Å². The molecule has 4 radical (unpaired) electrons. The van der Waals surface area contributed by atoms with Gasteiger partial charge in [-0.25, -0.2) is 0 Å². The summed E-state index contributed by atoms with van der Waals surface area (Å²) in [4.78, 5) is 0. The summed E-state index contributed by atoms with van der Waals surface area (Å²) in [5.41, 5.74) is 0. The smallest absolute Gasteiger partial charge is 0 e. The summed E-state index contributed by atoms with van der Waals surface area (Å²) >= 11 is 0.119. The van der Waals surface area contributed by atoms with Crippen LogP contribution in [-0.4, -0.2) is 59.8 Å². The SMILES string of the molecule is O=[P](=O)[Sr].[Al]. The first-order valence-corrected chi connectivity index (χ1v) is 6.71. The predicted molar refractivity (Wildman–Crippen MR) is 19.8 cm³/mol. The topological polar surface area (TPSA) is 34.1 Å². The number of hydrogen-bond acceptors (Lipinski definition) is 2. The fourth-order valence-electron chi connectivity index (χ4n) is 0. The van der Waals surface area contributed by atoms with E-state index in [1.54, 1.807) is 0 Å². The van der Waals surface area contributed by atoms with E-state index in [1.807, 2.05) is 0 Å². The van der Waals surface area contributed by atoms with Gasteiger partial charge in [-0.1, -0.05) is 0 Å². The fourth-order valence-corrected chi connectivity index (χ4v) is 0. The molecule has 5 heteroatoms. The Bertz CT molecular complexity index is 58.0. The molecule has 0 aliphatic carbocycles. The number of rotatable bonds is 0. The molecular weight excluding hydrogens is 178 g/mol. The Kier molecular flexibility index (Phi) is 11.8. The summed E-state index contributed by atoms with van der Waals surface area (Å²) in [6.45, 7) is 0. The van der Waals surface area contributed by atoms with Gasteiger partial charge in [0.2, 0.25) is 0 Å². The molecule has 0 aliphatic rings. The first-order chi connectivity index (χ1) is 1.73. The van der Waals surface area contributed by atoms with Crippen molar-refractivity contribution in [3.8, 4) is 0 Å². The molecule has 0 aromatic carbocycles. The van der Waals surface area contributed by atoms with Crippen molar-refractivity contribution in [1.82, 2.24) is 0 Å². The largest absolute Gasteiger partial charge is 0 e. The van der Waals surface area contributed by atoms with Gasteiger partial charge in [-0.2, -0.15) is 0 Å². The molecule has 0 aromatic rings. The molecule has 0 saturated heterocycles. The summed E-state index contributed by atoms with van der Waals surface area (Å²) in [6, 6.07) is 0. The maximum absolute atomic E-state index is 9.11. The minimum absolute atomic E-state index is 0. The van der Waals surface area contributed by atoms with Gasteiger partial charge in [-0.15, -0.1) is 0 Å². The average molecular weight is 178 g/mol. The minimum atomic E-state index is -1.95. The Hall–Kier alpha value is 1.91. The van der Waals surface area contributed by atoms with Crippen molar-refractivity contribution in [3.05, 3.63) is 0 Å². The standard InChI is InChI=1S/Al.O2P.Sr/c;1-3-2;. The quantitative estimate of drug-likeness (QED) is 0.381. The van der Waals surface area contributed by atoms with E-state index in [9.17, 15) is 0 Å². The van der Waals surface area contributed by atoms with Crippen molar-refractivity contribution in [2.45, 2.75) is 0 Å². The summed E-state index contributed by atoms with van der Waals surface area (Å²) in [5, 5.41) is 0. The molecular formula is AlO2PSr. The molecule has 0 spiro atoms. The maximum atomic E-state index is 9.11. The van der Waals surface area contributed by atoms with E-state index in [0.717, 1.165) is 0 Å². The molecule has 0 atom stereocenters. The molecule has 0 N–H and O–H groups in total. The average Bonchev–Trinajstić information content (AvgIpc) is 0.811. The molecule has 0 saturated carbocycles. The van der Waals surface area contributed by atoms with Gasteiger partial charge < -0.3 is 0 Å². The molecule has 2 nitrogen and oxygen atoms in total. The minimum Gasteiger partial charge on any atom is 0 e. The van der Waals surface area contributed by atoms with E-state index < -0.39 is 1.78 Å². The van der Waals surface area contributed by atoms with Crippen LogP contribution >= 0.6 is 1.78 Å². The Morgan fingerprint density at radius 1 is 1.40 bits per heavy atom. The third-order valence-electron chi connectivity index (χ3n) is 0. The van der Waals surface area contributed by atoms with Gasteiger partial charge in [0.1, 0.15) is 0 Å². The Morgan fingerprint density at radius 3 is 1.40 bits per heavy atom. The molecule has 0 fully saturated rings. The van der Waals surface area contributed by atoms with E-state index in [1.165, 1.54) is 0 Å². The molecule has 0 bridgehead atoms. The van der Waals surface area contributed by atoms with E-state index in [4.69, 9.17) is 9.13 Å². The molecule has 0 aliphatic heterocycles. The van der Waals surface area contributed by atoms with Gasteiger partial charge in [0.05, 0.1) is 0 Å². The Balaban J connectivity index is 0. The van der Waals surface area contributed by atoms with Crippen LogP contribution in [0.25, 0.3) is 0 Å². The second kappa shape index (κ2) is 5.91. The summed E-state index contributed by atoms with van der Waals surface area (Å²) in [5.74, 6) is 0. The van der Waals surface area contributed by atoms with Crippen LogP contribution in [0, 0.1) is 0 Å². The van der Waals surface area contributed by atoms with Crippen LogP contribution in [0.5, 0.6) is 0 Å². The second-order valence-corrected chi connectivity index (χ2v) is 4.81. The Morgan fingerprint density at radius 2 is 1.40 bits per heavy atom. The monoisotopic (exact) mass is 178 g/mol. The Labute approximate surface area is 69.3 Å². The predicted octanol–water partition coefficient (Wildman–Crippen LogP) is -0.138. The third-order valence-corrected chi connectivity index (χ3v) is 0. The van der Waals surface area contributed by atoms with Crippen LogP contribution in [0.15, 0.2) is 0 Å². The zero-order valence-electron chi connectivity index (χ0n) is 2.55. The van der Waals surface area contributed by atoms with Crippen LogP contribution in [0.2, 0.25) is 0 Å². The zero-order valence-corrected chi connectivity index (χ0v) is 8.07. The van der Waals surface area contributed by atoms with Gasteiger partial charge in [-0.05, 0) is 0 Å². The van der Waals surface area contributed by atoms with Gasteiger partial charge >= 0.3 is 53.3 Å². The summed E-state index contributed by atoms with van der Waals surface area (Å²) in [6.07, 6.45) is 0. The summed E-state index contributed by atoms with van der Waals surface area (Å²) < 4.78 is 16.3. The van der Waals surface area contributed by atoms with Gasteiger partial charge in [0, 0.05) is 17.4 Å². The molecule has 22 valence electrons. The van der Waals surface area contributed by atoms with Crippen LogP contribution in [0.1, 0.15) is 0 Å². The van der Waals surface area contributed by atoms with Crippen molar-refractivity contribution in [3.63, 3.8) is 0 Å². The molecule has 0 heterocycles. The van der Waals surface area contributed by atoms with Crippen molar-refractivity contribution < 1.29 is 9.13 Å². The van der Waals surface area contributed by atoms with Gasteiger partial charge in [0.25, 0.3) is 0 Å². The van der Waals surface area contributed by atoms with E-state index >= 15 is 0 Å². The number of hydrogen-bond donors (Lipinski definition) is 0. The normalized spacial score (nSPS) is 4.60. The molecule has 0 aromatic heterocycles. The van der Waals surface area contributed by atoms with Crippen molar-refractivity contribution in [1.29, 1.82) is 0 Å². The van der Waals surface area contributed by atoms with Crippen molar-refractivity contribution in [2.75, 3.05) is 0 Å². The molecule has 5 heavy (non-hydrogen) atoms.